The van der Waals surface area contributed by atoms with Gasteiger partial charge in [-0.2, -0.15) is 0 Å². The minimum absolute atomic E-state index is 0.158. The smallest absolute Gasteiger partial charge is 0.321 e. The average Bonchev–Trinajstić information content (AvgIpc) is 2.57. The van der Waals surface area contributed by atoms with E-state index in [4.69, 9.17) is 0 Å². The van der Waals surface area contributed by atoms with Gasteiger partial charge in [0.2, 0.25) is 0 Å². The van der Waals surface area contributed by atoms with Crippen LogP contribution < -0.4 is 15.5 Å². The molecule has 1 aliphatic rings. The molecule has 3 N–H and O–H groups in total. The Morgan fingerprint density at radius 1 is 1.25 bits per heavy atom. The predicted octanol–water partition coefficient (Wildman–Crippen LogP) is 1.39. The van der Waals surface area contributed by atoms with Gasteiger partial charge in [0.05, 0.1) is 7.05 Å². The molecule has 1 aromatic carbocycles. The van der Waals surface area contributed by atoms with Crippen molar-refractivity contribution in [2.24, 2.45) is 0 Å². The summed E-state index contributed by atoms with van der Waals surface area (Å²) >= 11 is 0. The zero-order valence-corrected chi connectivity index (χ0v) is 14.4. The molecule has 3 amide bonds. The molecule has 1 aliphatic carbocycles. The van der Waals surface area contributed by atoms with E-state index in [2.05, 4.69) is 10.6 Å². The minimum Gasteiger partial charge on any atom is -0.335 e. The van der Waals surface area contributed by atoms with Gasteiger partial charge in [-0.3, -0.25) is 10.1 Å². The third-order valence-electron chi connectivity index (χ3n) is 4.74. The first kappa shape index (κ1) is 18.4. The zero-order chi connectivity index (χ0) is 17.5. The van der Waals surface area contributed by atoms with E-state index in [1.165, 1.54) is 12.5 Å². The van der Waals surface area contributed by atoms with Crippen LogP contribution in [0.25, 0.3) is 0 Å². The van der Waals surface area contributed by atoms with Crippen molar-refractivity contribution in [3.8, 4) is 0 Å². The van der Waals surface area contributed by atoms with Crippen LogP contribution in [0.1, 0.15) is 44.6 Å². The summed E-state index contributed by atoms with van der Waals surface area (Å²) in [6.45, 7) is 2.12. The van der Waals surface area contributed by atoms with Gasteiger partial charge in [0.25, 0.3) is 5.91 Å². The number of rotatable bonds is 5. The maximum absolute atomic E-state index is 13.7. The molecule has 0 radical (unpaired) electrons. The number of hydrogen-bond donors (Lipinski definition) is 3. The second-order valence-electron chi connectivity index (χ2n) is 6.63. The number of imide groups is 1. The fraction of sp³-hybridized carbons (Fsp3) is 0.556. The van der Waals surface area contributed by atoms with Crippen LogP contribution in [0.15, 0.2) is 24.3 Å². The summed E-state index contributed by atoms with van der Waals surface area (Å²) in [6.07, 6.45) is 5.38. The van der Waals surface area contributed by atoms with E-state index in [9.17, 15) is 14.0 Å². The van der Waals surface area contributed by atoms with Gasteiger partial charge in [0.15, 0.2) is 6.04 Å². The molecule has 6 heteroatoms. The highest BCUT2D eigenvalue weighted by atomic mass is 19.1. The lowest BCUT2D eigenvalue weighted by molar-refractivity contribution is -0.908. The quantitative estimate of drug-likeness (QED) is 0.761. The van der Waals surface area contributed by atoms with Gasteiger partial charge >= 0.3 is 6.03 Å². The molecule has 2 atom stereocenters. The fourth-order valence-electron chi connectivity index (χ4n) is 3.01. The third-order valence-corrected chi connectivity index (χ3v) is 4.74. The van der Waals surface area contributed by atoms with Crippen molar-refractivity contribution in [3.63, 3.8) is 0 Å². The van der Waals surface area contributed by atoms with E-state index in [1.807, 2.05) is 7.05 Å². The number of carbonyl (C=O) groups excluding carboxylic acids is 2. The second-order valence-corrected chi connectivity index (χ2v) is 6.63. The van der Waals surface area contributed by atoms with Crippen molar-refractivity contribution >= 4 is 11.9 Å². The molecule has 132 valence electrons. The Morgan fingerprint density at radius 3 is 2.58 bits per heavy atom. The van der Waals surface area contributed by atoms with Crippen molar-refractivity contribution in [1.29, 1.82) is 0 Å². The van der Waals surface area contributed by atoms with Crippen molar-refractivity contribution in [3.05, 3.63) is 35.6 Å². The van der Waals surface area contributed by atoms with Crippen molar-refractivity contribution in [1.82, 2.24) is 10.6 Å². The molecule has 0 bridgehead atoms. The van der Waals surface area contributed by atoms with E-state index >= 15 is 0 Å². The van der Waals surface area contributed by atoms with Gasteiger partial charge in [-0.05, 0) is 25.8 Å². The van der Waals surface area contributed by atoms with Crippen LogP contribution in [0, 0.1) is 5.82 Å². The number of amides is 3. The Bertz CT molecular complexity index is 573. The SMILES string of the molecule is C[C@H](C(=O)NC(=O)NC1CCCCC1)[NH+](C)Cc1ccccc1F. The normalized spacial score (nSPS) is 17.8. The van der Waals surface area contributed by atoms with Crippen molar-refractivity contribution in [2.45, 2.75) is 57.7 Å². The fourth-order valence-corrected chi connectivity index (χ4v) is 3.01. The van der Waals surface area contributed by atoms with Gasteiger partial charge in [-0.25, -0.2) is 9.18 Å². The van der Waals surface area contributed by atoms with Crippen LogP contribution in [-0.4, -0.2) is 31.1 Å². The highest BCUT2D eigenvalue weighted by Crippen LogP contribution is 2.17. The van der Waals surface area contributed by atoms with Crippen LogP contribution in [0.4, 0.5) is 9.18 Å². The summed E-state index contributed by atoms with van der Waals surface area (Å²) in [5.41, 5.74) is 0.557. The van der Waals surface area contributed by atoms with Gasteiger partial charge < -0.3 is 10.2 Å². The Labute approximate surface area is 142 Å². The van der Waals surface area contributed by atoms with E-state index in [-0.39, 0.29) is 17.8 Å². The molecule has 1 aromatic rings. The Hall–Kier alpha value is -1.95. The summed E-state index contributed by atoms with van der Waals surface area (Å²) in [5.74, 6) is -0.628. The molecule has 2 rings (SSSR count). The van der Waals surface area contributed by atoms with E-state index in [0.29, 0.717) is 12.1 Å². The maximum Gasteiger partial charge on any atom is 0.321 e. The lowest BCUT2D eigenvalue weighted by atomic mass is 9.96. The van der Waals surface area contributed by atoms with E-state index in [1.54, 1.807) is 25.1 Å². The highest BCUT2D eigenvalue weighted by Gasteiger charge is 2.25. The van der Waals surface area contributed by atoms with Gasteiger partial charge in [0, 0.05) is 11.6 Å². The van der Waals surface area contributed by atoms with Gasteiger partial charge in [0.1, 0.15) is 12.4 Å². The van der Waals surface area contributed by atoms with Crippen LogP contribution in [0.5, 0.6) is 0 Å². The zero-order valence-electron chi connectivity index (χ0n) is 14.4. The monoisotopic (exact) mass is 336 g/mol. The summed E-state index contributed by atoms with van der Waals surface area (Å²) in [4.78, 5) is 25.0. The first-order valence-corrected chi connectivity index (χ1v) is 8.64. The molecule has 0 aromatic heterocycles. The number of quaternary nitrogens is 1. The molecule has 1 fully saturated rings. The molecule has 1 saturated carbocycles. The van der Waals surface area contributed by atoms with E-state index in [0.717, 1.165) is 30.6 Å². The molecule has 24 heavy (non-hydrogen) atoms. The summed E-state index contributed by atoms with van der Waals surface area (Å²) in [5, 5.41) is 5.27. The molecule has 0 aliphatic heterocycles. The van der Waals surface area contributed by atoms with Crippen molar-refractivity contribution in [2.75, 3.05) is 7.05 Å². The number of likely N-dealkylation sites (N-methyl/N-ethyl adjacent to an activating group) is 1. The molecule has 5 nitrogen and oxygen atoms in total. The molecule has 1 unspecified atom stereocenters. The standard InChI is InChI=1S/C18H26FN3O2/c1-13(22(2)12-14-8-6-7-11-16(14)19)17(23)21-18(24)20-15-9-4-3-5-10-15/h6-8,11,13,15H,3-5,9-10,12H2,1-2H3,(H2,20,21,23,24)/p+1/t13-/m1/s1. The number of hydrogen-bond acceptors (Lipinski definition) is 2. The Morgan fingerprint density at radius 2 is 1.92 bits per heavy atom. The summed E-state index contributed by atoms with van der Waals surface area (Å²) in [7, 11) is 1.82. The molecule has 0 spiro atoms. The van der Waals surface area contributed by atoms with Gasteiger partial charge in [-0.15, -0.1) is 0 Å². The number of urea groups is 1. The number of halogens is 1. The third kappa shape index (κ3) is 5.30. The number of nitrogens with one attached hydrogen (secondary N) is 3. The summed E-state index contributed by atoms with van der Waals surface area (Å²) in [6, 6.07) is 5.79. The van der Waals surface area contributed by atoms with Crippen molar-refractivity contribution < 1.29 is 18.9 Å². The highest BCUT2D eigenvalue weighted by molar-refractivity contribution is 5.96. The maximum atomic E-state index is 13.7. The minimum atomic E-state index is -0.457. The molecular weight excluding hydrogens is 309 g/mol. The summed E-state index contributed by atoms with van der Waals surface area (Å²) < 4.78 is 13.7. The van der Waals surface area contributed by atoms with Crippen LogP contribution in [0.3, 0.4) is 0 Å². The average molecular weight is 336 g/mol. The molecule has 0 heterocycles. The molecule has 0 saturated heterocycles. The Kier molecular flexibility index (Phi) is 6.73. The molecular formula is C18H27FN3O2+. The topological polar surface area (TPSA) is 62.6 Å². The lowest BCUT2D eigenvalue weighted by Crippen LogP contribution is -3.12. The van der Waals surface area contributed by atoms with Crippen LogP contribution in [0.2, 0.25) is 0 Å². The first-order valence-electron chi connectivity index (χ1n) is 8.64. The predicted molar refractivity (Wildman–Crippen MR) is 90.0 cm³/mol. The largest absolute Gasteiger partial charge is 0.335 e. The number of benzene rings is 1. The van der Waals surface area contributed by atoms with Crippen LogP contribution in [-0.2, 0) is 11.3 Å². The second kappa shape index (κ2) is 8.78. The Balaban J connectivity index is 1.82. The number of carbonyl (C=O) groups is 2. The first-order chi connectivity index (χ1) is 11.5. The van der Waals surface area contributed by atoms with E-state index < -0.39 is 12.1 Å². The lowest BCUT2D eigenvalue weighted by Gasteiger charge is -2.24. The van der Waals surface area contributed by atoms with Crippen LogP contribution >= 0.6 is 0 Å². The van der Waals surface area contributed by atoms with Gasteiger partial charge in [-0.1, -0.05) is 37.5 Å².